The average Bonchev–Trinajstić information content (AvgIpc) is 3.68. The molecule has 1 amide bonds. The van der Waals surface area contributed by atoms with Gasteiger partial charge in [-0.05, 0) is 91.9 Å². The Labute approximate surface area is 226 Å². The minimum absolute atomic E-state index is 0.0938. The number of hydrogen-bond donors (Lipinski definition) is 1. The molecule has 0 saturated carbocycles. The first-order chi connectivity index (χ1) is 19.0. The maximum Gasteiger partial charge on any atom is 0.262 e. The van der Waals surface area contributed by atoms with Gasteiger partial charge in [-0.2, -0.15) is 0 Å². The number of ether oxygens (including phenoxy) is 3. The summed E-state index contributed by atoms with van der Waals surface area (Å²) in [7, 11) is 1.99. The molecule has 2 heterocycles. The molecule has 4 aromatic rings. The van der Waals surface area contributed by atoms with Crippen LogP contribution in [0.3, 0.4) is 0 Å². The van der Waals surface area contributed by atoms with Crippen molar-refractivity contribution in [3.8, 4) is 28.4 Å². The first-order valence-electron chi connectivity index (χ1n) is 13.1. The molecule has 0 saturated heterocycles. The number of amides is 1. The molecule has 0 fully saturated rings. The van der Waals surface area contributed by atoms with Crippen LogP contribution in [0.4, 0.5) is 5.69 Å². The third-order valence-corrected chi connectivity index (χ3v) is 7.11. The zero-order valence-corrected chi connectivity index (χ0v) is 22.0. The van der Waals surface area contributed by atoms with Crippen molar-refractivity contribution in [1.82, 2.24) is 15.2 Å². The summed E-state index contributed by atoms with van der Waals surface area (Å²) in [5.74, 6) is 1.91. The van der Waals surface area contributed by atoms with Gasteiger partial charge < -0.3 is 19.5 Å². The molecule has 2 aliphatic rings. The van der Waals surface area contributed by atoms with Crippen molar-refractivity contribution in [3.05, 3.63) is 82.7 Å². The van der Waals surface area contributed by atoms with E-state index in [1.807, 2.05) is 50.4 Å². The van der Waals surface area contributed by atoms with E-state index >= 15 is 0 Å². The molecule has 6 rings (SSSR count). The van der Waals surface area contributed by atoms with Crippen LogP contribution in [0.25, 0.3) is 11.1 Å². The average molecular weight is 527 g/mol. The van der Waals surface area contributed by atoms with Crippen LogP contribution in [0.5, 0.6) is 17.2 Å². The van der Waals surface area contributed by atoms with Crippen molar-refractivity contribution in [3.63, 3.8) is 0 Å². The number of rotatable bonds is 9. The van der Waals surface area contributed by atoms with Gasteiger partial charge in [0, 0.05) is 24.3 Å². The summed E-state index contributed by atoms with van der Waals surface area (Å²) in [4.78, 5) is 14.9. The van der Waals surface area contributed by atoms with Gasteiger partial charge in [-0.3, -0.25) is 9.69 Å². The Morgan fingerprint density at radius 1 is 0.949 bits per heavy atom. The van der Waals surface area contributed by atoms with E-state index in [0.717, 1.165) is 58.1 Å². The summed E-state index contributed by atoms with van der Waals surface area (Å²) in [6.07, 6.45) is 3.34. The van der Waals surface area contributed by atoms with Gasteiger partial charge in [0.15, 0.2) is 18.1 Å². The molecule has 0 unspecified atom stereocenters. The van der Waals surface area contributed by atoms with E-state index < -0.39 is 0 Å². The highest BCUT2D eigenvalue weighted by Gasteiger charge is 2.17. The van der Waals surface area contributed by atoms with Crippen LogP contribution in [0.1, 0.15) is 34.5 Å². The standard InChI is InChI=1S/C30H30N4O5/c1-19-26(33-39-32-19)16-34(2)15-24-12-22(23-8-11-28-29(14-23)38-18-37-28)7-10-27(24)36-17-30(35)31-25-9-6-20-4-3-5-21(20)13-25/h6-14H,3-5,15-18H2,1-2H3,(H,31,35). The fourth-order valence-corrected chi connectivity index (χ4v) is 5.08. The predicted molar refractivity (Wildman–Crippen MR) is 145 cm³/mol. The zero-order chi connectivity index (χ0) is 26.8. The van der Waals surface area contributed by atoms with Crippen molar-refractivity contribution >= 4 is 11.6 Å². The van der Waals surface area contributed by atoms with Gasteiger partial charge in [-0.1, -0.05) is 28.5 Å². The molecule has 9 heteroatoms. The highest BCUT2D eigenvalue weighted by Crippen LogP contribution is 2.37. The molecular formula is C30H30N4O5. The van der Waals surface area contributed by atoms with Crippen LogP contribution in [-0.4, -0.2) is 41.6 Å². The van der Waals surface area contributed by atoms with E-state index in [4.69, 9.17) is 18.8 Å². The highest BCUT2D eigenvalue weighted by atomic mass is 16.7. The minimum Gasteiger partial charge on any atom is -0.483 e. The quantitative estimate of drug-likeness (QED) is 0.328. The molecule has 0 spiro atoms. The SMILES string of the molecule is Cc1nonc1CN(C)Cc1cc(-c2ccc3c(c2)OCO3)ccc1OCC(=O)Nc1ccc2c(c1)CCC2. The van der Waals surface area contributed by atoms with E-state index in [1.165, 1.54) is 17.5 Å². The van der Waals surface area contributed by atoms with Crippen LogP contribution >= 0.6 is 0 Å². The van der Waals surface area contributed by atoms with E-state index in [9.17, 15) is 4.79 Å². The topological polar surface area (TPSA) is 99.0 Å². The summed E-state index contributed by atoms with van der Waals surface area (Å²) < 4.78 is 21.9. The third-order valence-electron chi connectivity index (χ3n) is 7.11. The van der Waals surface area contributed by atoms with Crippen molar-refractivity contribution in [2.24, 2.45) is 0 Å². The molecule has 200 valence electrons. The summed E-state index contributed by atoms with van der Waals surface area (Å²) in [5, 5.41) is 10.8. The zero-order valence-electron chi connectivity index (χ0n) is 22.0. The van der Waals surface area contributed by atoms with Gasteiger partial charge in [-0.25, -0.2) is 4.63 Å². The number of anilines is 1. The molecule has 0 bridgehead atoms. The van der Waals surface area contributed by atoms with Gasteiger partial charge in [0.2, 0.25) is 6.79 Å². The van der Waals surface area contributed by atoms with Crippen LogP contribution in [0.15, 0.2) is 59.2 Å². The van der Waals surface area contributed by atoms with E-state index in [2.05, 4.69) is 38.7 Å². The Kier molecular flexibility index (Phi) is 6.89. The fourth-order valence-electron chi connectivity index (χ4n) is 5.08. The lowest BCUT2D eigenvalue weighted by molar-refractivity contribution is -0.118. The number of nitrogens with zero attached hydrogens (tertiary/aromatic N) is 3. The number of benzene rings is 3. The second-order valence-corrected chi connectivity index (χ2v) is 10.0. The highest BCUT2D eigenvalue weighted by molar-refractivity contribution is 5.92. The lowest BCUT2D eigenvalue weighted by Gasteiger charge is -2.19. The maximum absolute atomic E-state index is 12.8. The number of aryl methyl sites for hydroxylation is 3. The molecule has 1 aromatic heterocycles. The molecule has 3 aromatic carbocycles. The van der Waals surface area contributed by atoms with Crippen LogP contribution in [0, 0.1) is 6.92 Å². The van der Waals surface area contributed by atoms with Crippen molar-refractivity contribution in [2.45, 2.75) is 39.3 Å². The molecular weight excluding hydrogens is 496 g/mol. The number of fused-ring (bicyclic) bond motifs is 2. The lowest BCUT2D eigenvalue weighted by atomic mass is 10.0. The van der Waals surface area contributed by atoms with Crippen molar-refractivity contribution in [2.75, 3.05) is 25.8 Å². The number of hydrogen-bond acceptors (Lipinski definition) is 8. The third kappa shape index (κ3) is 5.58. The first-order valence-corrected chi connectivity index (χ1v) is 13.1. The number of carbonyl (C=O) groups excluding carboxylic acids is 1. The molecule has 1 aliphatic heterocycles. The van der Waals surface area contributed by atoms with Crippen LogP contribution in [0.2, 0.25) is 0 Å². The van der Waals surface area contributed by atoms with E-state index in [-0.39, 0.29) is 19.3 Å². The van der Waals surface area contributed by atoms with Gasteiger partial charge in [-0.15, -0.1) is 0 Å². The second-order valence-electron chi connectivity index (χ2n) is 10.0. The number of nitrogens with one attached hydrogen (secondary N) is 1. The first kappa shape index (κ1) is 24.9. The van der Waals surface area contributed by atoms with Gasteiger partial charge in [0.05, 0.1) is 0 Å². The van der Waals surface area contributed by atoms with E-state index in [1.54, 1.807) is 0 Å². The molecule has 1 aliphatic carbocycles. The summed E-state index contributed by atoms with van der Waals surface area (Å²) in [6.45, 7) is 3.12. The monoisotopic (exact) mass is 526 g/mol. The smallest absolute Gasteiger partial charge is 0.262 e. The largest absolute Gasteiger partial charge is 0.483 e. The van der Waals surface area contributed by atoms with Crippen molar-refractivity contribution < 1.29 is 23.6 Å². The number of aromatic nitrogens is 2. The molecule has 9 nitrogen and oxygen atoms in total. The Morgan fingerprint density at radius 3 is 2.64 bits per heavy atom. The Balaban J connectivity index is 1.19. The van der Waals surface area contributed by atoms with Gasteiger partial charge in [0.25, 0.3) is 5.91 Å². The Bertz CT molecular complexity index is 1520. The maximum atomic E-state index is 12.8. The van der Waals surface area contributed by atoms with Crippen molar-refractivity contribution in [1.29, 1.82) is 0 Å². The summed E-state index contributed by atoms with van der Waals surface area (Å²) in [6, 6.07) is 18.0. The van der Waals surface area contributed by atoms with Gasteiger partial charge in [0.1, 0.15) is 17.1 Å². The second kappa shape index (κ2) is 10.8. The Morgan fingerprint density at radius 2 is 1.77 bits per heavy atom. The molecule has 1 N–H and O–H groups in total. The van der Waals surface area contributed by atoms with Crippen LogP contribution < -0.4 is 19.5 Å². The molecule has 39 heavy (non-hydrogen) atoms. The van der Waals surface area contributed by atoms with Crippen LogP contribution in [-0.2, 0) is 30.7 Å². The van der Waals surface area contributed by atoms with E-state index in [0.29, 0.717) is 18.8 Å². The normalized spacial score (nSPS) is 13.5. The minimum atomic E-state index is -0.198. The summed E-state index contributed by atoms with van der Waals surface area (Å²) in [5.41, 5.74) is 7.97. The molecule has 0 radical (unpaired) electrons. The Hall–Kier alpha value is -4.37. The van der Waals surface area contributed by atoms with Gasteiger partial charge >= 0.3 is 0 Å². The predicted octanol–water partition coefficient (Wildman–Crippen LogP) is 4.91. The fraction of sp³-hybridized carbons (Fsp3) is 0.300. The molecule has 0 atom stereocenters. The number of carbonyl (C=O) groups is 1. The summed E-state index contributed by atoms with van der Waals surface area (Å²) >= 11 is 0. The lowest BCUT2D eigenvalue weighted by Crippen LogP contribution is -2.22.